The predicted octanol–water partition coefficient (Wildman–Crippen LogP) is 2.11. The molecule has 0 aromatic carbocycles. The van der Waals surface area contributed by atoms with Gasteiger partial charge in [-0.25, -0.2) is 0 Å². The molecule has 6 heteroatoms. The van der Waals surface area contributed by atoms with Crippen molar-refractivity contribution in [2.75, 3.05) is 44.8 Å². The van der Waals surface area contributed by atoms with Gasteiger partial charge in [-0.1, -0.05) is 0 Å². The number of fused-ring (bicyclic) bond motifs is 1. The van der Waals surface area contributed by atoms with Gasteiger partial charge in [0.25, 0.3) is 5.91 Å². The largest absolute Gasteiger partial charge is 0.366 e. The second-order valence-electron chi connectivity index (χ2n) is 6.37. The molecule has 2 saturated heterocycles. The number of thiophene rings is 1. The molecular formula is C16H22N2O3S. The minimum Gasteiger partial charge on any atom is -0.366 e. The molecule has 0 atom stereocenters. The van der Waals surface area contributed by atoms with Crippen molar-refractivity contribution in [3.8, 4) is 0 Å². The van der Waals surface area contributed by atoms with E-state index in [4.69, 9.17) is 9.47 Å². The molecule has 0 saturated carbocycles. The lowest BCUT2D eigenvalue weighted by Crippen LogP contribution is -2.47. The van der Waals surface area contributed by atoms with E-state index in [-0.39, 0.29) is 5.91 Å². The fourth-order valence-corrected chi connectivity index (χ4v) is 4.79. The Morgan fingerprint density at radius 3 is 2.64 bits per heavy atom. The first-order valence-corrected chi connectivity index (χ1v) is 8.90. The summed E-state index contributed by atoms with van der Waals surface area (Å²) < 4.78 is 11.5. The van der Waals surface area contributed by atoms with Crippen LogP contribution in [0.25, 0.3) is 0 Å². The van der Waals surface area contributed by atoms with Crippen LogP contribution in [-0.2, 0) is 15.9 Å². The summed E-state index contributed by atoms with van der Waals surface area (Å²) in [6, 6.07) is 2.10. The van der Waals surface area contributed by atoms with E-state index >= 15 is 0 Å². The topological polar surface area (TPSA) is 42.0 Å². The summed E-state index contributed by atoms with van der Waals surface area (Å²) in [5.74, 6) is -0.244. The number of likely N-dealkylation sites (tertiary alicyclic amines) is 1. The maximum absolute atomic E-state index is 12.8. The van der Waals surface area contributed by atoms with E-state index in [9.17, 15) is 4.79 Å². The highest BCUT2D eigenvalue weighted by molar-refractivity contribution is 7.18. The van der Waals surface area contributed by atoms with Gasteiger partial charge in [0.2, 0.25) is 0 Å². The van der Waals surface area contributed by atoms with Gasteiger partial charge in [-0.3, -0.25) is 4.79 Å². The lowest BCUT2D eigenvalue weighted by Gasteiger charge is -2.37. The second kappa shape index (κ2) is 5.51. The van der Waals surface area contributed by atoms with Crippen molar-refractivity contribution < 1.29 is 14.3 Å². The van der Waals surface area contributed by atoms with Crippen LogP contribution in [-0.4, -0.2) is 56.5 Å². The molecule has 3 aliphatic heterocycles. The van der Waals surface area contributed by atoms with Gasteiger partial charge in [-0.2, -0.15) is 0 Å². The van der Waals surface area contributed by atoms with Crippen LogP contribution >= 0.6 is 11.3 Å². The molecule has 1 aromatic rings. The number of carbonyl (C=O) groups is 1. The van der Waals surface area contributed by atoms with Crippen LogP contribution < -0.4 is 4.90 Å². The zero-order chi connectivity index (χ0) is 15.2. The van der Waals surface area contributed by atoms with Crippen molar-refractivity contribution in [2.24, 2.45) is 0 Å². The molecular weight excluding hydrogens is 300 g/mol. The molecule has 4 rings (SSSR count). The molecule has 1 amide bonds. The second-order valence-corrected chi connectivity index (χ2v) is 7.40. The number of hydrogen-bond acceptors (Lipinski definition) is 5. The number of ether oxygens (including phenoxy) is 2. The number of carbonyl (C=O) groups excluding carboxylic acids is 1. The minimum absolute atomic E-state index is 0.167. The first-order valence-electron chi connectivity index (χ1n) is 8.08. The van der Waals surface area contributed by atoms with Crippen LogP contribution in [0, 0.1) is 0 Å². The highest BCUT2D eigenvalue weighted by atomic mass is 32.1. The molecule has 4 heterocycles. The summed E-state index contributed by atoms with van der Waals surface area (Å²) in [4.78, 5) is 17.9. The first-order chi connectivity index (χ1) is 10.7. The summed E-state index contributed by atoms with van der Waals surface area (Å²) in [6.07, 6.45) is 3.83. The zero-order valence-electron chi connectivity index (χ0n) is 13.0. The number of rotatable bonds is 1. The number of aryl methyl sites for hydroxylation is 1. The number of amides is 1. The quantitative estimate of drug-likeness (QED) is 0.794. The van der Waals surface area contributed by atoms with Crippen molar-refractivity contribution in [3.05, 3.63) is 16.5 Å². The summed E-state index contributed by atoms with van der Waals surface area (Å²) in [6.45, 7) is 3.88. The van der Waals surface area contributed by atoms with E-state index in [0.717, 1.165) is 43.8 Å². The Morgan fingerprint density at radius 1 is 1.23 bits per heavy atom. The molecule has 1 spiro atoms. The molecule has 5 nitrogen and oxygen atoms in total. The molecule has 3 aliphatic rings. The summed E-state index contributed by atoms with van der Waals surface area (Å²) >= 11 is 1.64. The molecule has 0 radical (unpaired) electrons. The third-order valence-electron chi connectivity index (χ3n) is 4.91. The average Bonchev–Trinajstić information content (AvgIpc) is 3.15. The first kappa shape index (κ1) is 14.5. The van der Waals surface area contributed by atoms with Crippen molar-refractivity contribution in [3.63, 3.8) is 0 Å². The molecule has 1 aromatic heterocycles. The van der Waals surface area contributed by atoms with Gasteiger partial charge in [-0.05, 0) is 24.5 Å². The van der Waals surface area contributed by atoms with Crippen molar-refractivity contribution in [1.29, 1.82) is 0 Å². The zero-order valence-corrected chi connectivity index (χ0v) is 13.8. The van der Waals surface area contributed by atoms with Crippen molar-refractivity contribution >= 4 is 22.2 Å². The Kier molecular flexibility index (Phi) is 3.63. The lowest BCUT2D eigenvalue weighted by molar-refractivity contribution is -0.181. The Hall–Kier alpha value is -1.11. The van der Waals surface area contributed by atoms with Gasteiger partial charge in [0.1, 0.15) is 0 Å². The maximum Gasteiger partial charge on any atom is 0.264 e. The van der Waals surface area contributed by atoms with Crippen LogP contribution in [0.5, 0.6) is 0 Å². The Bertz CT molecular complexity index is 570. The van der Waals surface area contributed by atoms with Crippen LogP contribution in [0.15, 0.2) is 6.07 Å². The smallest absolute Gasteiger partial charge is 0.264 e. The average molecular weight is 322 g/mol. The highest BCUT2D eigenvalue weighted by Gasteiger charge is 2.41. The molecule has 120 valence electrons. The summed E-state index contributed by atoms with van der Waals surface area (Å²) in [5.41, 5.74) is 1.33. The monoisotopic (exact) mass is 322 g/mol. The van der Waals surface area contributed by atoms with Crippen LogP contribution in [0.3, 0.4) is 0 Å². The van der Waals surface area contributed by atoms with E-state index in [1.807, 2.05) is 4.90 Å². The van der Waals surface area contributed by atoms with E-state index in [0.29, 0.717) is 13.2 Å². The summed E-state index contributed by atoms with van der Waals surface area (Å²) in [5, 5.41) is 1.27. The fraction of sp³-hybridized carbons (Fsp3) is 0.688. The highest BCUT2D eigenvalue weighted by Crippen LogP contribution is 2.37. The molecule has 0 bridgehead atoms. The normalized spacial score (nSPS) is 23.9. The molecule has 2 fully saturated rings. The molecule has 22 heavy (non-hydrogen) atoms. The maximum atomic E-state index is 12.8. The minimum atomic E-state index is -0.411. The van der Waals surface area contributed by atoms with Gasteiger partial charge in [0, 0.05) is 39.5 Å². The van der Waals surface area contributed by atoms with Gasteiger partial charge >= 0.3 is 0 Å². The number of anilines is 1. The van der Waals surface area contributed by atoms with Gasteiger partial charge in [-0.15, -0.1) is 11.3 Å². The van der Waals surface area contributed by atoms with Gasteiger partial charge in [0.05, 0.1) is 23.1 Å². The molecule has 0 N–H and O–H groups in total. The third kappa shape index (κ3) is 2.43. The fourth-order valence-electron chi connectivity index (χ4n) is 3.63. The summed E-state index contributed by atoms with van der Waals surface area (Å²) in [7, 11) is 2.11. The SMILES string of the molecule is CN1CCCc2cc(C(=O)N3CCC4(CC3)OCCO4)sc21. The standard InChI is InChI=1S/C16H22N2O3S/c1-17-6-2-3-12-11-13(22-15(12)17)14(19)18-7-4-16(5-8-18)20-9-10-21-16/h11H,2-10H2,1H3. The Balaban J connectivity index is 1.46. The van der Waals surface area contributed by atoms with Crippen LogP contribution in [0.2, 0.25) is 0 Å². The Labute approximate surface area is 134 Å². The predicted molar refractivity (Wildman–Crippen MR) is 85.7 cm³/mol. The van der Waals surface area contributed by atoms with Crippen molar-refractivity contribution in [2.45, 2.75) is 31.5 Å². The molecule has 0 unspecified atom stereocenters. The van der Waals surface area contributed by atoms with E-state index in [1.165, 1.54) is 17.0 Å². The molecule has 0 aliphatic carbocycles. The number of piperidine rings is 1. The van der Waals surface area contributed by atoms with Crippen molar-refractivity contribution in [1.82, 2.24) is 4.90 Å². The van der Waals surface area contributed by atoms with Gasteiger partial charge < -0.3 is 19.3 Å². The van der Waals surface area contributed by atoms with Crippen LogP contribution in [0.4, 0.5) is 5.00 Å². The van der Waals surface area contributed by atoms with E-state index in [1.54, 1.807) is 11.3 Å². The van der Waals surface area contributed by atoms with E-state index < -0.39 is 5.79 Å². The number of nitrogens with zero attached hydrogens (tertiary/aromatic N) is 2. The van der Waals surface area contributed by atoms with Crippen LogP contribution in [0.1, 0.15) is 34.5 Å². The number of hydrogen-bond donors (Lipinski definition) is 0. The van der Waals surface area contributed by atoms with E-state index in [2.05, 4.69) is 18.0 Å². The lowest BCUT2D eigenvalue weighted by atomic mass is 10.0. The Morgan fingerprint density at radius 2 is 1.95 bits per heavy atom. The third-order valence-corrected chi connectivity index (χ3v) is 6.19. The van der Waals surface area contributed by atoms with Gasteiger partial charge in [0.15, 0.2) is 5.79 Å².